The van der Waals surface area contributed by atoms with E-state index in [-0.39, 0.29) is 49.1 Å². The minimum absolute atomic E-state index is 0.00254. The van der Waals surface area contributed by atoms with Gasteiger partial charge < -0.3 is 9.64 Å². The number of nitrogens with zero attached hydrogens (tertiary/aromatic N) is 4. The fraction of sp³-hybridized carbons (Fsp3) is 0.471. The van der Waals surface area contributed by atoms with Gasteiger partial charge in [-0.1, -0.05) is 0 Å². The van der Waals surface area contributed by atoms with Gasteiger partial charge in [0.2, 0.25) is 0 Å². The molecule has 29 heavy (non-hydrogen) atoms. The van der Waals surface area contributed by atoms with Crippen LogP contribution >= 0.6 is 0 Å². The van der Waals surface area contributed by atoms with Crippen molar-refractivity contribution in [1.82, 2.24) is 5.32 Å². The van der Waals surface area contributed by atoms with Crippen LogP contribution in [0.15, 0.2) is 17.1 Å². The van der Waals surface area contributed by atoms with Gasteiger partial charge >= 0.3 is 6.09 Å². The summed E-state index contributed by atoms with van der Waals surface area (Å²) in [5.41, 5.74) is -0.313. The van der Waals surface area contributed by atoms with Crippen LogP contribution in [-0.4, -0.2) is 64.1 Å². The van der Waals surface area contributed by atoms with Crippen molar-refractivity contribution in [3.05, 3.63) is 23.8 Å². The molecule has 2 saturated heterocycles. The number of amidine groups is 1. The number of nitriles is 1. The predicted octanol–water partition coefficient (Wildman–Crippen LogP) is 1.01. The summed E-state index contributed by atoms with van der Waals surface area (Å²) in [7, 11) is -3.19. The molecule has 0 saturated carbocycles. The molecule has 0 aromatic heterocycles. The van der Waals surface area contributed by atoms with E-state index in [2.05, 4.69) is 10.3 Å². The molecule has 2 heterocycles. The summed E-state index contributed by atoms with van der Waals surface area (Å²) in [6.07, 6.45) is 0.329. The van der Waals surface area contributed by atoms with Gasteiger partial charge in [-0.05, 0) is 6.92 Å². The maximum Gasteiger partial charge on any atom is 0.414 e. The van der Waals surface area contributed by atoms with Gasteiger partial charge in [0, 0.05) is 25.2 Å². The standard InChI is InChI=1S/C17H19F2N5O4S/c1-11(22-10-20)21-8-13-9-24(17(25)28-13)12-6-14(18)16(15(19)7-12)23-2-4-29(26,27)5-3-23/h6-7,13H,2-5,8-9H2,1H3,(H,21,22)/t13-/m0/s1. The molecule has 2 fully saturated rings. The summed E-state index contributed by atoms with van der Waals surface area (Å²) in [6.45, 7) is 1.71. The van der Waals surface area contributed by atoms with Crippen molar-refractivity contribution in [3.63, 3.8) is 0 Å². The molecule has 2 aliphatic heterocycles. The molecule has 0 aliphatic carbocycles. The van der Waals surface area contributed by atoms with Crippen LogP contribution in [-0.2, 0) is 14.6 Å². The lowest BCUT2D eigenvalue weighted by atomic mass is 10.2. The minimum atomic E-state index is -3.19. The van der Waals surface area contributed by atoms with Gasteiger partial charge in [-0.2, -0.15) is 5.26 Å². The zero-order chi connectivity index (χ0) is 21.2. The van der Waals surface area contributed by atoms with E-state index in [1.807, 2.05) is 0 Å². The topological polar surface area (TPSA) is 115 Å². The highest BCUT2D eigenvalue weighted by atomic mass is 32.2. The summed E-state index contributed by atoms with van der Waals surface area (Å²) in [6, 6.07) is 2.05. The third-order valence-corrected chi connectivity index (χ3v) is 6.23. The summed E-state index contributed by atoms with van der Waals surface area (Å²) in [4.78, 5) is 18.6. The number of carbonyl (C=O) groups is 1. The number of hydrogen-bond donors (Lipinski definition) is 1. The summed E-state index contributed by atoms with van der Waals surface area (Å²) >= 11 is 0. The Morgan fingerprint density at radius 3 is 2.55 bits per heavy atom. The van der Waals surface area contributed by atoms with E-state index in [0.29, 0.717) is 5.84 Å². The zero-order valence-electron chi connectivity index (χ0n) is 15.6. The first-order valence-corrected chi connectivity index (χ1v) is 10.6. The molecule has 0 spiro atoms. The van der Waals surface area contributed by atoms with Gasteiger partial charge in [-0.15, -0.1) is 0 Å². The van der Waals surface area contributed by atoms with Gasteiger partial charge in [0.05, 0.1) is 30.3 Å². The van der Waals surface area contributed by atoms with E-state index in [0.717, 1.165) is 17.0 Å². The first kappa shape index (κ1) is 20.8. The number of sulfone groups is 1. The van der Waals surface area contributed by atoms with E-state index in [1.165, 1.54) is 4.90 Å². The second-order valence-corrected chi connectivity index (χ2v) is 8.98. The lowest BCUT2D eigenvalue weighted by Crippen LogP contribution is -2.41. The molecule has 0 radical (unpaired) electrons. The number of carbonyl (C=O) groups excluding carboxylic acids is 1. The molecule has 2 aliphatic rings. The largest absolute Gasteiger partial charge is 0.442 e. The predicted molar refractivity (Wildman–Crippen MR) is 102 cm³/mol. The van der Waals surface area contributed by atoms with E-state index >= 15 is 0 Å². The molecule has 1 aromatic rings. The molecule has 0 bridgehead atoms. The van der Waals surface area contributed by atoms with Crippen molar-refractivity contribution in [1.29, 1.82) is 5.26 Å². The Morgan fingerprint density at radius 2 is 1.97 bits per heavy atom. The number of halogens is 2. The Morgan fingerprint density at radius 1 is 1.34 bits per heavy atom. The molecule has 3 rings (SSSR count). The van der Waals surface area contributed by atoms with E-state index in [9.17, 15) is 22.0 Å². The Kier molecular flexibility index (Phi) is 5.88. The second-order valence-electron chi connectivity index (χ2n) is 6.68. The third-order valence-electron chi connectivity index (χ3n) is 4.62. The van der Waals surface area contributed by atoms with Crippen molar-refractivity contribution >= 4 is 33.1 Å². The SMILES string of the molecule is CC(=NC[C@H]1CN(c2cc(F)c(N3CCS(=O)(=O)CC3)c(F)c2)C(=O)O1)NC#N. The van der Waals surface area contributed by atoms with Crippen LogP contribution in [0.3, 0.4) is 0 Å². The normalized spacial score (nSPS) is 21.7. The highest BCUT2D eigenvalue weighted by Gasteiger charge is 2.34. The molecular formula is C17H19F2N5O4S. The Bertz CT molecular complexity index is 955. The van der Waals surface area contributed by atoms with Crippen molar-refractivity contribution in [3.8, 4) is 6.19 Å². The lowest BCUT2D eigenvalue weighted by molar-refractivity contribution is 0.145. The maximum absolute atomic E-state index is 14.6. The monoisotopic (exact) mass is 427 g/mol. The van der Waals surface area contributed by atoms with E-state index in [4.69, 9.17) is 10.00 Å². The highest BCUT2D eigenvalue weighted by molar-refractivity contribution is 7.91. The zero-order valence-corrected chi connectivity index (χ0v) is 16.4. The van der Waals surface area contributed by atoms with Gasteiger partial charge in [0.15, 0.2) is 27.7 Å². The first-order chi connectivity index (χ1) is 13.7. The van der Waals surface area contributed by atoms with Crippen molar-refractivity contribution in [2.45, 2.75) is 13.0 Å². The van der Waals surface area contributed by atoms with Crippen LogP contribution in [0.1, 0.15) is 6.92 Å². The molecular weight excluding hydrogens is 408 g/mol. The van der Waals surface area contributed by atoms with Crippen LogP contribution in [0.5, 0.6) is 0 Å². The van der Waals surface area contributed by atoms with Crippen molar-refractivity contribution in [2.24, 2.45) is 4.99 Å². The van der Waals surface area contributed by atoms with Gasteiger partial charge in [-0.3, -0.25) is 15.2 Å². The number of amides is 1. The molecule has 1 N–H and O–H groups in total. The van der Waals surface area contributed by atoms with Crippen LogP contribution in [0, 0.1) is 23.1 Å². The summed E-state index contributed by atoms with van der Waals surface area (Å²) in [5, 5.41) is 10.9. The van der Waals surface area contributed by atoms with Crippen molar-refractivity contribution in [2.75, 3.05) is 47.5 Å². The van der Waals surface area contributed by atoms with Crippen molar-refractivity contribution < 1.29 is 26.7 Å². The number of benzene rings is 1. The van der Waals surface area contributed by atoms with Gasteiger partial charge in [0.25, 0.3) is 0 Å². The average molecular weight is 427 g/mol. The number of aliphatic imine (C=N–C) groups is 1. The summed E-state index contributed by atoms with van der Waals surface area (Å²) < 4.78 is 57.5. The number of rotatable bonds is 4. The Hall–Kier alpha value is -2.94. The smallest absolute Gasteiger partial charge is 0.414 e. The molecule has 1 amide bonds. The first-order valence-electron chi connectivity index (χ1n) is 8.79. The number of ether oxygens (including phenoxy) is 1. The number of nitrogens with one attached hydrogen (secondary N) is 1. The third kappa shape index (κ3) is 4.73. The molecule has 12 heteroatoms. The minimum Gasteiger partial charge on any atom is -0.442 e. The Labute approximate surface area is 166 Å². The highest BCUT2D eigenvalue weighted by Crippen LogP contribution is 2.31. The average Bonchev–Trinajstić information content (AvgIpc) is 3.02. The molecule has 1 aromatic carbocycles. The number of hydrogen-bond acceptors (Lipinski definition) is 7. The van der Waals surface area contributed by atoms with E-state index < -0.39 is 33.7 Å². The number of cyclic esters (lactones) is 1. The van der Waals surface area contributed by atoms with Gasteiger partial charge in [0.1, 0.15) is 17.6 Å². The fourth-order valence-corrected chi connectivity index (χ4v) is 4.33. The maximum atomic E-state index is 14.6. The number of anilines is 2. The fourth-order valence-electron chi connectivity index (χ4n) is 3.13. The quantitative estimate of drug-likeness (QED) is 0.330. The van der Waals surface area contributed by atoms with Crippen LogP contribution < -0.4 is 15.1 Å². The van der Waals surface area contributed by atoms with Crippen LogP contribution in [0.25, 0.3) is 0 Å². The second kappa shape index (κ2) is 8.20. The molecule has 1 atom stereocenters. The molecule has 156 valence electrons. The lowest BCUT2D eigenvalue weighted by Gasteiger charge is -2.29. The molecule has 0 unspecified atom stereocenters. The van der Waals surface area contributed by atoms with E-state index in [1.54, 1.807) is 13.1 Å². The van der Waals surface area contributed by atoms with Crippen LogP contribution in [0.4, 0.5) is 25.0 Å². The van der Waals surface area contributed by atoms with Crippen LogP contribution in [0.2, 0.25) is 0 Å². The Balaban J connectivity index is 1.74. The summed E-state index contributed by atoms with van der Waals surface area (Å²) in [5.74, 6) is -1.76. The van der Waals surface area contributed by atoms with Gasteiger partial charge in [-0.25, -0.2) is 22.0 Å². The molecule has 9 nitrogen and oxygen atoms in total.